The lowest BCUT2D eigenvalue weighted by Crippen LogP contribution is -2.35. The SMILES string of the molecule is CC(C)(C)OC(=O)C(C(=O)OC(C)(C)C)c1ccc2cc(C(C(=O)OC(C)(C)C)C(C)(C)C)ccc2c1. The fourth-order valence-corrected chi connectivity index (χ4v) is 4.08. The van der Waals surface area contributed by atoms with Gasteiger partial charge in [-0.25, -0.2) is 0 Å². The van der Waals surface area contributed by atoms with Crippen LogP contribution >= 0.6 is 0 Å². The Morgan fingerprint density at radius 1 is 0.541 bits per heavy atom. The van der Waals surface area contributed by atoms with Crippen molar-refractivity contribution < 1.29 is 28.6 Å². The summed E-state index contributed by atoms with van der Waals surface area (Å²) in [6.07, 6.45) is 0. The summed E-state index contributed by atoms with van der Waals surface area (Å²) < 4.78 is 16.9. The van der Waals surface area contributed by atoms with Gasteiger partial charge in [0.15, 0.2) is 5.92 Å². The minimum absolute atomic E-state index is 0.272. The van der Waals surface area contributed by atoms with Crippen LogP contribution in [-0.2, 0) is 28.6 Å². The molecule has 1 atom stereocenters. The third-order valence-electron chi connectivity index (χ3n) is 5.35. The number of benzene rings is 2. The lowest BCUT2D eigenvalue weighted by Gasteiger charge is -2.32. The van der Waals surface area contributed by atoms with Gasteiger partial charge in [-0.05, 0) is 95.7 Å². The van der Waals surface area contributed by atoms with Crippen LogP contribution in [-0.4, -0.2) is 34.7 Å². The number of hydrogen-bond acceptors (Lipinski definition) is 6. The number of esters is 3. The number of rotatable bonds is 5. The first-order valence-electron chi connectivity index (χ1n) is 12.8. The van der Waals surface area contributed by atoms with E-state index in [2.05, 4.69) is 0 Å². The molecule has 2 aromatic carbocycles. The van der Waals surface area contributed by atoms with E-state index in [1.807, 2.05) is 65.8 Å². The molecule has 0 saturated carbocycles. The Hall–Kier alpha value is -2.89. The Kier molecular flexibility index (Phi) is 8.58. The largest absolute Gasteiger partial charge is 0.459 e. The zero-order chi connectivity index (χ0) is 28.6. The van der Waals surface area contributed by atoms with Crippen molar-refractivity contribution in [1.29, 1.82) is 0 Å². The van der Waals surface area contributed by atoms with E-state index in [1.54, 1.807) is 53.7 Å². The Bertz CT molecular complexity index is 1120. The number of hydrogen-bond donors (Lipinski definition) is 0. The molecule has 2 rings (SSSR count). The summed E-state index contributed by atoms with van der Waals surface area (Å²) >= 11 is 0. The highest BCUT2D eigenvalue weighted by Crippen LogP contribution is 2.38. The van der Waals surface area contributed by atoms with Gasteiger partial charge in [0.05, 0.1) is 5.92 Å². The number of fused-ring (bicyclic) bond motifs is 1. The molecule has 6 nitrogen and oxygen atoms in total. The maximum atomic E-state index is 13.1. The van der Waals surface area contributed by atoms with Crippen LogP contribution in [0.4, 0.5) is 0 Å². The molecule has 0 aliphatic rings. The maximum Gasteiger partial charge on any atom is 0.325 e. The van der Waals surface area contributed by atoms with E-state index in [4.69, 9.17) is 14.2 Å². The topological polar surface area (TPSA) is 78.9 Å². The third kappa shape index (κ3) is 8.87. The smallest absolute Gasteiger partial charge is 0.325 e. The normalized spacial score (nSPS) is 13.9. The lowest BCUT2D eigenvalue weighted by atomic mass is 9.76. The fourth-order valence-electron chi connectivity index (χ4n) is 4.08. The van der Waals surface area contributed by atoms with E-state index < -0.39 is 40.6 Å². The molecule has 1 unspecified atom stereocenters. The molecule has 0 aliphatic heterocycles. The summed E-state index contributed by atoms with van der Waals surface area (Å²) in [4.78, 5) is 39.3. The van der Waals surface area contributed by atoms with Crippen molar-refractivity contribution in [2.24, 2.45) is 5.41 Å². The summed E-state index contributed by atoms with van der Waals surface area (Å²) in [7, 11) is 0. The third-order valence-corrected chi connectivity index (χ3v) is 5.35. The Labute approximate surface area is 222 Å². The number of ether oxygens (including phenoxy) is 3. The monoisotopic (exact) mass is 512 g/mol. The first-order chi connectivity index (χ1) is 16.6. The van der Waals surface area contributed by atoms with Crippen molar-refractivity contribution in [3.8, 4) is 0 Å². The second-order valence-electron chi connectivity index (χ2n) is 13.7. The van der Waals surface area contributed by atoms with Gasteiger partial charge in [0.25, 0.3) is 0 Å². The predicted molar refractivity (Wildman–Crippen MR) is 146 cm³/mol. The molecule has 0 aromatic heterocycles. The summed E-state index contributed by atoms with van der Waals surface area (Å²) in [6.45, 7) is 22.2. The molecule has 2 aromatic rings. The second-order valence-corrected chi connectivity index (χ2v) is 13.7. The Morgan fingerprint density at radius 3 is 1.27 bits per heavy atom. The van der Waals surface area contributed by atoms with Crippen molar-refractivity contribution >= 4 is 28.7 Å². The summed E-state index contributed by atoms with van der Waals surface area (Å²) in [6, 6.07) is 11.2. The Balaban J connectivity index is 2.54. The molecule has 0 N–H and O–H groups in total. The molecule has 0 fully saturated rings. The second kappa shape index (κ2) is 10.5. The van der Waals surface area contributed by atoms with Crippen molar-refractivity contribution in [3.63, 3.8) is 0 Å². The minimum Gasteiger partial charge on any atom is -0.459 e. The molecular weight excluding hydrogens is 468 g/mol. The molecule has 0 amide bonds. The van der Waals surface area contributed by atoms with Gasteiger partial charge >= 0.3 is 17.9 Å². The zero-order valence-electron chi connectivity index (χ0n) is 24.6. The van der Waals surface area contributed by atoms with Crippen LogP contribution in [0, 0.1) is 5.41 Å². The lowest BCUT2D eigenvalue weighted by molar-refractivity contribution is -0.169. The molecule has 6 heteroatoms. The zero-order valence-corrected chi connectivity index (χ0v) is 24.6. The summed E-state index contributed by atoms with van der Waals surface area (Å²) in [5, 5.41) is 1.71. The van der Waals surface area contributed by atoms with Crippen molar-refractivity contribution in [2.75, 3.05) is 0 Å². The quantitative estimate of drug-likeness (QED) is 0.242. The maximum absolute atomic E-state index is 13.1. The van der Waals surface area contributed by atoms with Gasteiger partial charge < -0.3 is 14.2 Å². The van der Waals surface area contributed by atoms with Crippen LogP contribution in [0.15, 0.2) is 36.4 Å². The molecule has 0 heterocycles. The van der Waals surface area contributed by atoms with Gasteiger partial charge in [0.1, 0.15) is 16.8 Å². The van der Waals surface area contributed by atoms with Gasteiger partial charge in [-0.15, -0.1) is 0 Å². The van der Waals surface area contributed by atoms with E-state index in [0.717, 1.165) is 16.3 Å². The van der Waals surface area contributed by atoms with Crippen molar-refractivity contribution in [1.82, 2.24) is 0 Å². The van der Waals surface area contributed by atoms with Gasteiger partial charge in [-0.3, -0.25) is 14.4 Å². The highest BCUT2D eigenvalue weighted by atomic mass is 16.6. The van der Waals surface area contributed by atoms with E-state index in [-0.39, 0.29) is 11.4 Å². The first-order valence-corrected chi connectivity index (χ1v) is 12.8. The molecular formula is C31H44O6. The Morgan fingerprint density at radius 2 is 0.892 bits per heavy atom. The van der Waals surface area contributed by atoms with Gasteiger partial charge in [-0.1, -0.05) is 51.1 Å². The number of carbonyl (C=O) groups is 3. The highest BCUT2D eigenvalue weighted by molar-refractivity contribution is 6.02. The van der Waals surface area contributed by atoms with E-state index in [9.17, 15) is 14.4 Å². The number of carbonyl (C=O) groups excluding carboxylic acids is 3. The van der Waals surface area contributed by atoms with Crippen LogP contribution < -0.4 is 0 Å². The van der Waals surface area contributed by atoms with Gasteiger partial charge in [-0.2, -0.15) is 0 Å². The van der Waals surface area contributed by atoms with Crippen LogP contribution in [0.5, 0.6) is 0 Å². The van der Waals surface area contributed by atoms with Gasteiger partial charge in [0, 0.05) is 0 Å². The van der Waals surface area contributed by atoms with Crippen molar-refractivity contribution in [2.45, 2.75) is 112 Å². The average molecular weight is 513 g/mol. The molecule has 0 radical (unpaired) electrons. The first kappa shape index (κ1) is 30.3. The molecule has 0 spiro atoms. The van der Waals surface area contributed by atoms with Gasteiger partial charge in [0.2, 0.25) is 0 Å². The minimum atomic E-state index is -1.22. The molecule has 0 bridgehead atoms. The molecule has 0 saturated heterocycles. The summed E-state index contributed by atoms with van der Waals surface area (Å²) in [5.74, 6) is -3.27. The van der Waals surface area contributed by atoms with E-state index in [1.165, 1.54) is 0 Å². The van der Waals surface area contributed by atoms with Crippen molar-refractivity contribution in [3.05, 3.63) is 47.5 Å². The molecule has 0 aliphatic carbocycles. The van der Waals surface area contributed by atoms with Crippen LogP contribution in [0.25, 0.3) is 10.8 Å². The van der Waals surface area contributed by atoms with Crippen LogP contribution in [0.2, 0.25) is 0 Å². The average Bonchev–Trinajstić information content (AvgIpc) is 2.62. The molecule has 204 valence electrons. The summed E-state index contributed by atoms with van der Waals surface area (Å²) in [5.41, 5.74) is -1.14. The predicted octanol–water partition coefficient (Wildman–Crippen LogP) is 7.08. The van der Waals surface area contributed by atoms with E-state index >= 15 is 0 Å². The van der Waals surface area contributed by atoms with Crippen LogP contribution in [0.1, 0.15) is 106 Å². The highest BCUT2D eigenvalue weighted by Gasteiger charge is 2.38. The standard InChI is InChI=1S/C31H44O6/c1-28(2,3)24(27(34)37-31(10,11)12)22-16-14-19-17-21(15-13-20(19)18-22)23(25(32)35-29(4,5)6)26(33)36-30(7,8)9/h13-18,23-24H,1-12H3. The fraction of sp³-hybridized carbons (Fsp3) is 0.581. The van der Waals surface area contributed by atoms with Crippen LogP contribution in [0.3, 0.4) is 0 Å². The van der Waals surface area contributed by atoms with E-state index in [0.29, 0.717) is 5.56 Å². The molecule has 37 heavy (non-hydrogen) atoms.